The largest absolute Gasteiger partial charge is 0.375 e. The Morgan fingerprint density at radius 1 is 0.543 bits per heavy atom. The van der Waals surface area contributed by atoms with E-state index in [1.807, 2.05) is 0 Å². The van der Waals surface area contributed by atoms with Crippen molar-refractivity contribution in [3.8, 4) is 0 Å². The number of nitrogens with zero attached hydrogens (tertiary/aromatic N) is 4. The second-order valence-corrected chi connectivity index (χ2v) is 11.8. The summed E-state index contributed by atoms with van der Waals surface area (Å²) in [6.07, 6.45) is 0. The van der Waals surface area contributed by atoms with Gasteiger partial charge in [-0.05, 0) is 74.1 Å². The van der Waals surface area contributed by atoms with E-state index in [2.05, 4.69) is 146 Å². The van der Waals surface area contributed by atoms with Crippen LogP contribution in [0.15, 0.2) is 36.4 Å². The Kier molecular flexibility index (Phi) is 8.70. The fourth-order valence-electron chi connectivity index (χ4n) is 5.44. The number of benzene rings is 2. The van der Waals surface area contributed by atoms with E-state index in [1.165, 1.54) is 33.6 Å². The predicted molar refractivity (Wildman–Crippen MR) is 156 cm³/mol. The average molecular weight is 472 g/mol. The molecule has 1 fully saturated rings. The lowest BCUT2D eigenvalue weighted by Gasteiger charge is -2.34. The van der Waals surface area contributed by atoms with E-state index in [0.717, 1.165) is 0 Å². The van der Waals surface area contributed by atoms with Crippen LogP contribution in [0.1, 0.15) is 101 Å². The maximum absolute atomic E-state index is 3.95. The molecule has 0 bridgehead atoms. The fourth-order valence-corrected chi connectivity index (χ4v) is 5.44. The van der Waals surface area contributed by atoms with Gasteiger partial charge in [0.15, 0.2) is 6.67 Å². The van der Waals surface area contributed by atoms with E-state index in [0.29, 0.717) is 23.7 Å². The maximum Gasteiger partial charge on any atom is 0.353 e. The molecule has 2 radical (unpaired) electrons. The minimum absolute atomic E-state index is 0.114. The summed E-state index contributed by atoms with van der Waals surface area (Å²) in [7, 11) is 8.79. The first-order valence-electron chi connectivity index (χ1n) is 13.3. The normalized spacial score (nSPS) is 14.9. The zero-order valence-electron chi connectivity index (χ0n) is 24.2. The lowest BCUT2D eigenvalue weighted by molar-refractivity contribution is 0.622. The smallest absolute Gasteiger partial charge is 0.353 e. The van der Waals surface area contributed by atoms with Crippen molar-refractivity contribution in [1.82, 2.24) is 9.62 Å². The molecule has 188 valence electrons. The molecule has 2 aromatic carbocycles. The molecule has 0 aliphatic carbocycles. The molecular weight excluding hydrogens is 426 g/mol. The minimum atomic E-state index is 0.114. The van der Waals surface area contributed by atoms with Gasteiger partial charge in [0, 0.05) is 11.4 Å². The van der Waals surface area contributed by atoms with Crippen molar-refractivity contribution < 1.29 is 0 Å². The SMILES string of the molecule is CC(C)c1cccc(C(C)C)c1N1[C]N(c2c(C(C)C)cccc2C(C)C)B(N(C)C)B1N(C)C. The van der Waals surface area contributed by atoms with Crippen LogP contribution in [0.3, 0.4) is 0 Å². The number of hydrogen-bond donors (Lipinski definition) is 0. The highest BCUT2D eigenvalue weighted by Gasteiger charge is 2.54. The van der Waals surface area contributed by atoms with E-state index in [9.17, 15) is 0 Å². The highest BCUT2D eigenvalue weighted by molar-refractivity contribution is 7.24. The van der Waals surface area contributed by atoms with Gasteiger partial charge in [0.1, 0.15) is 0 Å². The van der Waals surface area contributed by atoms with Gasteiger partial charge in [-0.2, -0.15) is 0 Å². The summed E-state index contributed by atoms with van der Waals surface area (Å²) in [4.78, 5) is 9.59. The molecule has 0 atom stereocenters. The van der Waals surface area contributed by atoms with Crippen LogP contribution in [-0.4, -0.2) is 51.6 Å². The van der Waals surface area contributed by atoms with Crippen molar-refractivity contribution >= 4 is 25.1 Å². The van der Waals surface area contributed by atoms with Crippen LogP contribution in [0.25, 0.3) is 0 Å². The quantitative estimate of drug-likeness (QED) is 0.398. The molecular formula is C29H46B2N4. The van der Waals surface area contributed by atoms with Crippen LogP contribution in [0.5, 0.6) is 0 Å². The minimum Gasteiger partial charge on any atom is -0.375 e. The molecule has 0 spiro atoms. The first-order valence-corrected chi connectivity index (χ1v) is 13.3. The summed E-state index contributed by atoms with van der Waals surface area (Å²) in [6, 6.07) is 13.6. The molecule has 6 heteroatoms. The van der Waals surface area contributed by atoms with E-state index in [4.69, 9.17) is 0 Å². The van der Waals surface area contributed by atoms with Gasteiger partial charge in [-0.1, -0.05) is 91.8 Å². The second-order valence-electron chi connectivity index (χ2n) is 11.8. The van der Waals surface area contributed by atoms with E-state index < -0.39 is 0 Å². The number of anilines is 2. The maximum atomic E-state index is 3.95. The Balaban J connectivity index is 2.32. The van der Waals surface area contributed by atoms with Gasteiger partial charge in [-0.3, -0.25) is 0 Å². The molecule has 1 aliphatic heterocycles. The van der Waals surface area contributed by atoms with Crippen molar-refractivity contribution in [2.45, 2.75) is 79.1 Å². The first kappa shape index (κ1) is 27.7. The molecule has 35 heavy (non-hydrogen) atoms. The van der Waals surface area contributed by atoms with E-state index >= 15 is 0 Å². The van der Waals surface area contributed by atoms with Gasteiger partial charge >= 0.3 is 13.7 Å². The number of para-hydroxylation sites is 2. The summed E-state index contributed by atoms with van der Waals surface area (Å²) < 4.78 is 0. The highest BCUT2D eigenvalue weighted by Crippen LogP contribution is 2.44. The van der Waals surface area contributed by atoms with Crippen molar-refractivity contribution in [2.75, 3.05) is 37.8 Å². The molecule has 0 unspecified atom stereocenters. The second kappa shape index (κ2) is 11.0. The van der Waals surface area contributed by atoms with Crippen LogP contribution in [0, 0.1) is 6.67 Å². The fraction of sp³-hybridized carbons (Fsp3) is 0.552. The van der Waals surface area contributed by atoms with Crippen LogP contribution >= 0.6 is 0 Å². The highest BCUT2D eigenvalue weighted by atomic mass is 15.4. The topological polar surface area (TPSA) is 13.0 Å². The molecule has 1 heterocycles. The van der Waals surface area contributed by atoms with Crippen LogP contribution in [-0.2, 0) is 0 Å². The van der Waals surface area contributed by atoms with Gasteiger partial charge in [0.05, 0.1) is 0 Å². The third-order valence-electron chi connectivity index (χ3n) is 7.24. The van der Waals surface area contributed by atoms with Crippen LogP contribution in [0.4, 0.5) is 11.4 Å². The standard InChI is InChI=1S/C29H46B2N4/c1-20(2)24-15-13-16-25(21(3)4)28(24)34-19-35(31(33(11)12)30(34)32(9)10)29-26(22(5)6)17-14-18-27(29)23(7)8/h13-18,20-23H,1-12H3. The number of rotatable bonds is 8. The molecule has 1 aliphatic rings. The predicted octanol–water partition coefficient (Wildman–Crippen LogP) is 6.68. The van der Waals surface area contributed by atoms with E-state index in [-0.39, 0.29) is 13.7 Å². The average Bonchev–Trinajstić information content (AvgIpc) is 3.18. The Hall–Kier alpha value is -1.91. The summed E-state index contributed by atoms with van der Waals surface area (Å²) in [6.45, 7) is 22.6. The molecule has 0 saturated carbocycles. The summed E-state index contributed by atoms with van der Waals surface area (Å²) in [5, 5.41) is 0. The zero-order valence-corrected chi connectivity index (χ0v) is 24.2. The molecule has 0 amide bonds. The third kappa shape index (κ3) is 5.29. The van der Waals surface area contributed by atoms with Crippen molar-refractivity contribution in [3.05, 3.63) is 65.3 Å². The Morgan fingerprint density at radius 3 is 1.00 bits per heavy atom. The first-order chi connectivity index (χ1) is 16.4. The Bertz CT molecular complexity index is 868. The molecule has 2 aromatic rings. The summed E-state index contributed by atoms with van der Waals surface area (Å²) in [5.74, 6) is 1.70. The van der Waals surface area contributed by atoms with Gasteiger partial charge in [0.25, 0.3) is 0 Å². The van der Waals surface area contributed by atoms with Gasteiger partial charge in [-0.25, -0.2) is 0 Å². The third-order valence-corrected chi connectivity index (χ3v) is 7.24. The Labute approximate surface area is 216 Å². The van der Waals surface area contributed by atoms with E-state index in [1.54, 1.807) is 0 Å². The van der Waals surface area contributed by atoms with Gasteiger partial charge in [0.2, 0.25) is 0 Å². The monoisotopic (exact) mass is 472 g/mol. The molecule has 0 N–H and O–H groups in total. The van der Waals surface area contributed by atoms with Crippen molar-refractivity contribution in [3.63, 3.8) is 0 Å². The lowest BCUT2D eigenvalue weighted by Crippen LogP contribution is -2.62. The molecule has 3 rings (SSSR count). The van der Waals surface area contributed by atoms with Crippen LogP contribution in [0.2, 0.25) is 0 Å². The molecule has 1 saturated heterocycles. The molecule has 0 aromatic heterocycles. The van der Waals surface area contributed by atoms with Crippen LogP contribution < -0.4 is 9.62 Å². The van der Waals surface area contributed by atoms with Gasteiger partial charge in [-0.15, -0.1) is 0 Å². The zero-order chi connectivity index (χ0) is 26.2. The molecule has 4 nitrogen and oxygen atoms in total. The summed E-state index contributed by atoms with van der Waals surface area (Å²) >= 11 is 0. The number of hydrogen-bond acceptors (Lipinski definition) is 4. The summed E-state index contributed by atoms with van der Waals surface area (Å²) in [5.41, 5.74) is 8.18. The van der Waals surface area contributed by atoms with Crippen molar-refractivity contribution in [1.29, 1.82) is 0 Å². The van der Waals surface area contributed by atoms with Crippen molar-refractivity contribution in [2.24, 2.45) is 0 Å². The lowest BCUT2D eigenvalue weighted by atomic mass is 9.32. The Morgan fingerprint density at radius 2 is 0.800 bits per heavy atom. The van der Waals surface area contributed by atoms with Gasteiger partial charge < -0.3 is 19.2 Å².